The molecule has 0 spiro atoms. The molecule has 5 nitrogen and oxygen atoms in total. The standard InChI is InChI=1S/C28H38O5/c1-15(2)11-17-20-8-7-16(3)12-22-21(27(22,4)5)9-10-28(20,6)33-26-19(14-30)24(31)18(13-29)25(32)23(17)26/h12-15,17,20-22,31-32H,7-11H2,1-6H3/b16-12+/t17-,20+,21+,22-,28-/m0/s1. The van der Waals surface area contributed by atoms with E-state index >= 15 is 0 Å². The lowest BCUT2D eigenvalue weighted by Gasteiger charge is -2.49. The van der Waals surface area contributed by atoms with Crippen molar-refractivity contribution in [3.05, 3.63) is 28.3 Å². The van der Waals surface area contributed by atoms with E-state index in [4.69, 9.17) is 4.74 Å². The summed E-state index contributed by atoms with van der Waals surface area (Å²) in [5.41, 5.74) is 1.39. The van der Waals surface area contributed by atoms with Crippen LogP contribution in [0.3, 0.4) is 0 Å². The molecule has 1 saturated carbocycles. The Balaban J connectivity index is 1.89. The van der Waals surface area contributed by atoms with Crippen LogP contribution >= 0.6 is 0 Å². The molecule has 180 valence electrons. The van der Waals surface area contributed by atoms with Crippen LogP contribution in [0.15, 0.2) is 11.6 Å². The van der Waals surface area contributed by atoms with Gasteiger partial charge in [0.1, 0.15) is 22.8 Å². The smallest absolute Gasteiger partial charge is 0.157 e. The number of rotatable bonds is 4. The van der Waals surface area contributed by atoms with Crippen molar-refractivity contribution < 1.29 is 24.5 Å². The van der Waals surface area contributed by atoms with E-state index in [2.05, 4.69) is 47.6 Å². The van der Waals surface area contributed by atoms with Crippen LogP contribution in [0.5, 0.6) is 17.2 Å². The van der Waals surface area contributed by atoms with E-state index in [1.807, 2.05) is 0 Å². The van der Waals surface area contributed by atoms with E-state index in [9.17, 15) is 19.8 Å². The summed E-state index contributed by atoms with van der Waals surface area (Å²) in [5.74, 6) is 1.08. The zero-order valence-electron chi connectivity index (χ0n) is 20.8. The Morgan fingerprint density at radius 3 is 2.33 bits per heavy atom. The van der Waals surface area contributed by atoms with Crippen molar-refractivity contribution in [2.75, 3.05) is 0 Å². The lowest BCUT2D eigenvalue weighted by molar-refractivity contribution is -0.0253. The zero-order chi connectivity index (χ0) is 24.3. The molecular weight excluding hydrogens is 416 g/mol. The molecule has 1 aromatic carbocycles. The van der Waals surface area contributed by atoms with Gasteiger partial charge in [-0.25, -0.2) is 0 Å². The van der Waals surface area contributed by atoms with Crippen molar-refractivity contribution in [1.82, 2.24) is 0 Å². The van der Waals surface area contributed by atoms with Crippen LogP contribution in [0.2, 0.25) is 0 Å². The van der Waals surface area contributed by atoms with Crippen molar-refractivity contribution in [2.45, 2.75) is 85.2 Å². The molecule has 0 bridgehead atoms. The maximum absolute atomic E-state index is 12.0. The fourth-order valence-corrected chi connectivity index (χ4v) is 6.79. The first-order chi connectivity index (χ1) is 15.5. The molecule has 0 radical (unpaired) electrons. The molecule has 1 fully saturated rings. The quantitative estimate of drug-likeness (QED) is 0.405. The molecule has 2 N–H and O–H groups in total. The minimum atomic E-state index is -0.535. The maximum Gasteiger partial charge on any atom is 0.157 e. The van der Waals surface area contributed by atoms with Gasteiger partial charge in [0.15, 0.2) is 12.6 Å². The summed E-state index contributed by atoms with van der Waals surface area (Å²) in [7, 11) is 0. The van der Waals surface area contributed by atoms with Crippen molar-refractivity contribution >= 4 is 12.6 Å². The normalized spacial score (nSPS) is 34.1. The summed E-state index contributed by atoms with van der Waals surface area (Å²) in [4.78, 5) is 23.8. The number of ether oxygens (including phenoxy) is 1. The minimum Gasteiger partial charge on any atom is -0.507 e. The number of phenols is 2. The zero-order valence-corrected chi connectivity index (χ0v) is 20.8. The third kappa shape index (κ3) is 3.77. The number of phenolic OH excluding ortho intramolecular Hbond substituents is 2. The SMILES string of the molecule is C/C1=C\[C@H]2[C@@H](CC[C@]3(C)Oc4c(C=O)c(O)c(C=O)c(O)c4[C@@H](CC(C)C)[C@H]3CC1)C2(C)C. The van der Waals surface area contributed by atoms with E-state index in [1.54, 1.807) is 0 Å². The lowest BCUT2D eigenvalue weighted by Crippen LogP contribution is -2.48. The summed E-state index contributed by atoms with van der Waals surface area (Å²) in [5, 5.41) is 21.7. The van der Waals surface area contributed by atoms with Gasteiger partial charge in [0, 0.05) is 11.5 Å². The lowest BCUT2D eigenvalue weighted by atomic mass is 9.65. The first-order valence-electron chi connectivity index (χ1n) is 12.3. The fraction of sp³-hybridized carbons (Fsp3) is 0.643. The third-order valence-electron chi connectivity index (χ3n) is 8.85. The molecule has 0 saturated heterocycles. The van der Waals surface area contributed by atoms with Gasteiger partial charge in [-0.15, -0.1) is 0 Å². The molecule has 33 heavy (non-hydrogen) atoms. The monoisotopic (exact) mass is 454 g/mol. The summed E-state index contributed by atoms with van der Waals surface area (Å²) >= 11 is 0. The molecule has 5 atom stereocenters. The van der Waals surface area contributed by atoms with Crippen LogP contribution in [0.1, 0.15) is 106 Å². The predicted octanol–water partition coefficient (Wildman–Crippen LogP) is 6.41. The van der Waals surface area contributed by atoms with Gasteiger partial charge in [-0.05, 0) is 75.0 Å². The van der Waals surface area contributed by atoms with E-state index in [-0.39, 0.29) is 39.9 Å². The second-order valence-electron chi connectivity index (χ2n) is 11.8. The molecule has 1 heterocycles. The van der Waals surface area contributed by atoms with Crippen molar-refractivity contribution in [2.24, 2.45) is 29.1 Å². The third-order valence-corrected chi connectivity index (χ3v) is 8.85. The molecule has 3 aliphatic rings. The number of hydrogen-bond acceptors (Lipinski definition) is 5. The summed E-state index contributed by atoms with van der Waals surface area (Å²) in [6.07, 6.45) is 7.96. The number of benzene rings is 1. The van der Waals surface area contributed by atoms with Gasteiger partial charge >= 0.3 is 0 Å². The fourth-order valence-electron chi connectivity index (χ4n) is 6.79. The number of aldehydes is 2. The van der Waals surface area contributed by atoms with E-state index < -0.39 is 11.4 Å². The molecule has 0 aromatic heterocycles. The number of carbonyl (C=O) groups is 2. The highest BCUT2D eigenvalue weighted by Crippen LogP contribution is 2.64. The van der Waals surface area contributed by atoms with Crippen LogP contribution in [0, 0.1) is 29.1 Å². The van der Waals surface area contributed by atoms with Gasteiger partial charge < -0.3 is 14.9 Å². The second kappa shape index (κ2) is 8.18. The molecule has 4 rings (SSSR count). The molecular formula is C28H38O5. The first-order valence-corrected chi connectivity index (χ1v) is 12.3. The molecule has 1 aromatic rings. The average molecular weight is 455 g/mol. The Morgan fingerprint density at radius 1 is 1.06 bits per heavy atom. The minimum absolute atomic E-state index is 0.0314. The van der Waals surface area contributed by atoms with Gasteiger partial charge in [0.25, 0.3) is 0 Å². The van der Waals surface area contributed by atoms with Crippen LogP contribution in [0.4, 0.5) is 0 Å². The van der Waals surface area contributed by atoms with E-state index in [1.165, 1.54) is 5.57 Å². The Morgan fingerprint density at radius 2 is 1.73 bits per heavy atom. The van der Waals surface area contributed by atoms with Crippen molar-refractivity contribution in [3.8, 4) is 17.2 Å². The van der Waals surface area contributed by atoms with Crippen molar-refractivity contribution in [3.63, 3.8) is 0 Å². The van der Waals surface area contributed by atoms with Gasteiger partial charge in [-0.3, -0.25) is 9.59 Å². The summed E-state index contributed by atoms with van der Waals surface area (Å²) in [6.45, 7) is 13.3. The highest BCUT2D eigenvalue weighted by Gasteiger charge is 2.57. The number of hydrogen-bond donors (Lipinski definition) is 2. The number of carbonyl (C=O) groups excluding carboxylic acids is 2. The van der Waals surface area contributed by atoms with Crippen LogP contribution in [-0.2, 0) is 0 Å². The Labute approximate surface area is 197 Å². The molecule has 1 aliphatic heterocycles. The summed E-state index contributed by atoms with van der Waals surface area (Å²) in [6, 6.07) is 0. The number of fused-ring (bicyclic) bond motifs is 3. The first kappa shape index (κ1) is 23.8. The average Bonchev–Trinajstić information content (AvgIpc) is 3.24. The molecule has 5 heteroatoms. The van der Waals surface area contributed by atoms with E-state index in [0.717, 1.165) is 32.1 Å². The summed E-state index contributed by atoms with van der Waals surface area (Å²) < 4.78 is 6.63. The Hall–Kier alpha value is -2.30. The molecule has 2 aliphatic carbocycles. The largest absolute Gasteiger partial charge is 0.507 e. The highest BCUT2D eigenvalue weighted by molar-refractivity contribution is 5.95. The molecule has 0 unspecified atom stereocenters. The van der Waals surface area contributed by atoms with Crippen LogP contribution in [0.25, 0.3) is 0 Å². The van der Waals surface area contributed by atoms with Crippen LogP contribution in [-0.4, -0.2) is 28.4 Å². The number of allylic oxidation sites excluding steroid dienone is 2. The van der Waals surface area contributed by atoms with Gasteiger partial charge in [0.2, 0.25) is 0 Å². The van der Waals surface area contributed by atoms with Crippen LogP contribution < -0.4 is 4.74 Å². The van der Waals surface area contributed by atoms with Gasteiger partial charge in [-0.2, -0.15) is 0 Å². The van der Waals surface area contributed by atoms with Crippen molar-refractivity contribution in [1.29, 1.82) is 0 Å². The highest BCUT2D eigenvalue weighted by atomic mass is 16.5. The topological polar surface area (TPSA) is 83.8 Å². The molecule has 0 amide bonds. The van der Waals surface area contributed by atoms with Gasteiger partial charge in [0.05, 0.1) is 11.1 Å². The predicted molar refractivity (Wildman–Crippen MR) is 128 cm³/mol. The maximum atomic E-state index is 12.0. The number of aromatic hydroxyl groups is 2. The van der Waals surface area contributed by atoms with E-state index in [0.29, 0.717) is 35.9 Å². The van der Waals surface area contributed by atoms with Gasteiger partial charge in [-0.1, -0.05) is 39.3 Å². The Kier molecular flexibility index (Phi) is 5.91. The second-order valence-corrected chi connectivity index (χ2v) is 11.8. The Bertz CT molecular complexity index is 1000.